The smallest absolute Gasteiger partial charge is 0.306 e. The molecule has 0 aromatic heterocycles. The fraction of sp³-hybridized carbons (Fsp3) is 0.976. The van der Waals surface area contributed by atoms with Crippen LogP contribution in [0.15, 0.2) is 0 Å². The molecule has 0 amide bonds. The van der Waals surface area contributed by atoms with Crippen molar-refractivity contribution in [3.63, 3.8) is 0 Å². The first-order valence-corrected chi connectivity index (χ1v) is 21.1. The first-order valence-electron chi connectivity index (χ1n) is 21.1. The van der Waals surface area contributed by atoms with Crippen LogP contribution in [0, 0.1) is 0 Å². The third-order valence-electron chi connectivity index (χ3n) is 9.99. The Morgan fingerprint density at radius 1 is 0.560 bits per heavy atom. The van der Waals surface area contributed by atoms with E-state index in [0.29, 0.717) is 13.0 Å². The minimum absolute atomic E-state index is 0.113. The van der Waals surface area contributed by atoms with Gasteiger partial charge in [0.1, 0.15) is 30.5 Å². The molecule has 0 radical (unpaired) electrons. The first-order chi connectivity index (χ1) is 24.4. The van der Waals surface area contributed by atoms with Crippen molar-refractivity contribution in [1.29, 1.82) is 0 Å². The number of ether oxygens (including phenoxy) is 4. The van der Waals surface area contributed by atoms with Crippen molar-refractivity contribution in [3.05, 3.63) is 0 Å². The minimum atomic E-state index is -1.53. The normalized spacial score (nSPS) is 21.4. The van der Waals surface area contributed by atoms with E-state index in [9.17, 15) is 25.2 Å². The lowest BCUT2D eigenvalue weighted by Crippen LogP contribution is -2.59. The molecule has 298 valence electrons. The zero-order valence-electron chi connectivity index (χ0n) is 32.4. The zero-order valence-corrected chi connectivity index (χ0v) is 32.4. The van der Waals surface area contributed by atoms with Gasteiger partial charge < -0.3 is 39.4 Å². The molecule has 0 aliphatic carbocycles. The second-order valence-electron chi connectivity index (χ2n) is 14.8. The van der Waals surface area contributed by atoms with Crippen LogP contribution in [0.3, 0.4) is 0 Å². The van der Waals surface area contributed by atoms with Crippen LogP contribution >= 0.6 is 0 Å². The summed E-state index contributed by atoms with van der Waals surface area (Å²) in [7, 11) is 0. The Balaban J connectivity index is 1.93. The molecule has 6 atom stereocenters. The Labute approximate surface area is 306 Å². The number of hydrogen-bond donors (Lipinski definition) is 4. The Morgan fingerprint density at radius 3 is 1.38 bits per heavy atom. The molecule has 1 aliphatic heterocycles. The molecule has 4 N–H and O–H groups in total. The summed E-state index contributed by atoms with van der Waals surface area (Å²) in [5, 5.41) is 39.5. The summed E-state index contributed by atoms with van der Waals surface area (Å²) < 4.78 is 22.3. The highest BCUT2D eigenvalue weighted by Crippen LogP contribution is 2.22. The first kappa shape index (κ1) is 47.2. The van der Waals surface area contributed by atoms with Gasteiger partial charge >= 0.3 is 5.97 Å². The van der Waals surface area contributed by atoms with E-state index in [-0.39, 0.29) is 25.6 Å². The summed E-state index contributed by atoms with van der Waals surface area (Å²) in [4.78, 5) is 12.1. The van der Waals surface area contributed by atoms with Crippen LogP contribution < -0.4 is 0 Å². The zero-order chi connectivity index (χ0) is 36.5. The molecule has 1 fully saturated rings. The molecule has 9 nitrogen and oxygen atoms in total. The van der Waals surface area contributed by atoms with E-state index in [1.807, 2.05) is 6.92 Å². The summed E-state index contributed by atoms with van der Waals surface area (Å²) in [5.74, 6) is -0.362. The Morgan fingerprint density at radius 2 is 0.980 bits per heavy atom. The number of aliphatic hydroxyl groups excluding tert-OH is 4. The van der Waals surface area contributed by atoms with Crippen molar-refractivity contribution in [1.82, 2.24) is 0 Å². The van der Waals surface area contributed by atoms with E-state index in [0.717, 1.165) is 12.8 Å². The second-order valence-corrected chi connectivity index (χ2v) is 14.8. The van der Waals surface area contributed by atoms with E-state index < -0.39 is 43.4 Å². The van der Waals surface area contributed by atoms with Crippen LogP contribution in [0.1, 0.15) is 194 Å². The molecule has 1 aliphatic rings. The minimum Gasteiger partial charge on any atom is -0.457 e. The number of unbranched alkanes of at least 4 members (excludes halogenated alkanes) is 25. The topological polar surface area (TPSA) is 135 Å². The number of carbonyl (C=O) groups is 1. The summed E-state index contributed by atoms with van der Waals surface area (Å²) in [6.07, 6.45) is 28.9. The van der Waals surface area contributed by atoms with E-state index in [4.69, 9.17) is 18.9 Å². The van der Waals surface area contributed by atoms with Gasteiger partial charge in [-0.15, -0.1) is 0 Å². The quantitative estimate of drug-likeness (QED) is 0.0371. The average molecular weight is 717 g/mol. The number of esters is 1. The fourth-order valence-electron chi connectivity index (χ4n) is 6.71. The van der Waals surface area contributed by atoms with Crippen molar-refractivity contribution in [3.8, 4) is 0 Å². The molecule has 0 spiro atoms. The van der Waals surface area contributed by atoms with Gasteiger partial charge in [0, 0.05) is 13.0 Å². The van der Waals surface area contributed by atoms with Gasteiger partial charge in [0.05, 0.1) is 19.8 Å². The molecule has 9 heteroatoms. The second kappa shape index (κ2) is 34.0. The average Bonchev–Trinajstić information content (AvgIpc) is 3.11. The third-order valence-corrected chi connectivity index (χ3v) is 9.99. The predicted octanol–water partition coefficient (Wildman–Crippen LogP) is 8.69. The van der Waals surface area contributed by atoms with Crippen molar-refractivity contribution in [2.45, 2.75) is 230 Å². The summed E-state index contributed by atoms with van der Waals surface area (Å²) >= 11 is 0. The van der Waals surface area contributed by atoms with Crippen LogP contribution in [-0.4, -0.2) is 89.6 Å². The molecule has 0 saturated carbocycles. The van der Waals surface area contributed by atoms with Crippen molar-refractivity contribution in [2.75, 3.05) is 26.4 Å². The largest absolute Gasteiger partial charge is 0.457 e. The summed E-state index contributed by atoms with van der Waals surface area (Å²) in [6, 6.07) is 0. The summed E-state index contributed by atoms with van der Waals surface area (Å²) in [6.45, 7) is 4.23. The molecule has 0 bridgehead atoms. The Bertz CT molecular complexity index is 737. The molecular weight excluding hydrogens is 636 g/mol. The Kier molecular flexibility index (Phi) is 32.1. The van der Waals surface area contributed by atoms with Crippen molar-refractivity contribution >= 4 is 5.97 Å². The SMILES string of the molecule is CCCCCCCCCCCCCCCCCCCCCCCCCCCCOCC(COC1OC(CO)C(O)C(O)C1O)OC(=O)CCC. The van der Waals surface area contributed by atoms with Gasteiger partial charge in [-0.25, -0.2) is 0 Å². The number of rotatable bonds is 36. The highest BCUT2D eigenvalue weighted by molar-refractivity contribution is 5.69. The predicted molar refractivity (Wildman–Crippen MR) is 201 cm³/mol. The third kappa shape index (κ3) is 25.2. The maximum Gasteiger partial charge on any atom is 0.306 e. The van der Waals surface area contributed by atoms with Crippen LogP contribution in [0.4, 0.5) is 0 Å². The summed E-state index contributed by atoms with van der Waals surface area (Å²) in [5.41, 5.74) is 0. The van der Waals surface area contributed by atoms with Gasteiger partial charge in [-0.2, -0.15) is 0 Å². The highest BCUT2D eigenvalue weighted by atomic mass is 16.7. The van der Waals surface area contributed by atoms with Crippen molar-refractivity contribution < 1.29 is 44.2 Å². The van der Waals surface area contributed by atoms with E-state index in [1.165, 1.54) is 154 Å². The fourth-order valence-corrected chi connectivity index (χ4v) is 6.71. The standard InChI is InChI=1S/C41H80O9/c1-3-5-6-7-8-9-10-11-12-13-14-15-16-17-18-19-20-21-22-23-24-25-26-27-28-29-31-47-33-35(49-37(43)30-4-2)34-48-41-40(46)39(45)38(44)36(32-42)50-41/h35-36,38-42,44-46H,3-34H2,1-2H3. The van der Waals surface area contributed by atoms with Crippen LogP contribution in [-0.2, 0) is 23.7 Å². The molecule has 1 rings (SSSR count). The monoisotopic (exact) mass is 717 g/mol. The molecule has 1 saturated heterocycles. The Hall–Kier alpha value is -0.810. The number of aliphatic hydroxyl groups is 4. The molecule has 50 heavy (non-hydrogen) atoms. The lowest BCUT2D eigenvalue weighted by molar-refractivity contribution is -0.305. The van der Waals surface area contributed by atoms with Gasteiger partial charge in [-0.05, 0) is 12.8 Å². The van der Waals surface area contributed by atoms with E-state index in [1.54, 1.807) is 0 Å². The van der Waals surface area contributed by atoms with Crippen LogP contribution in [0.2, 0.25) is 0 Å². The van der Waals surface area contributed by atoms with Gasteiger partial charge in [-0.3, -0.25) is 4.79 Å². The van der Waals surface area contributed by atoms with E-state index >= 15 is 0 Å². The molecule has 0 aromatic rings. The molecule has 6 unspecified atom stereocenters. The maximum absolute atomic E-state index is 12.1. The van der Waals surface area contributed by atoms with Gasteiger partial charge in [0.2, 0.25) is 0 Å². The van der Waals surface area contributed by atoms with Crippen LogP contribution in [0.5, 0.6) is 0 Å². The molecular formula is C41H80O9. The maximum atomic E-state index is 12.1. The van der Waals surface area contributed by atoms with Gasteiger partial charge in [0.15, 0.2) is 6.29 Å². The van der Waals surface area contributed by atoms with Crippen molar-refractivity contribution in [2.24, 2.45) is 0 Å². The lowest BCUT2D eigenvalue weighted by atomic mass is 9.99. The lowest BCUT2D eigenvalue weighted by Gasteiger charge is -2.39. The van der Waals surface area contributed by atoms with Gasteiger partial charge in [0.25, 0.3) is 0 Å². The number of hydrogen-bond acceptors (Lipinski definition) is 9. The van der Waals surface area contributed by atoms with Crippen LogP contribution in [0.25, 0.3) is 0 Å². The highest BCUT2D eigenvalue weighted by Gasteiger charge is 2.44. The molecule has 0 aromatic carbocycles. The van der Waals surface area contributed by atoms with Gasteiger partial charge in [-0.1, -0.05) is 174 Å². The molecule has 1 heterocycles. The number of carbonyl (C=O) groups excluding carboxylic acids is 1. The van der Waals surface area contributed by atoms with E-state index in [2.05, 4.69) is 6.92 Å².